The van der Waals surface area contributed by atoms with Gasteiger partial charge in [0.15, 0.2) is 5.54 Å². The number of allylic oxidation sites excluding steroid dienone is 5. The lowest BCUT2D eigenvalue weighted by atomic mass is 9.77. The molecule has 0 aromatic carbocycles. The van der Waals surface area contributed by atoms with Crippen LogP contribution in [0.4, 0.5) is 0 Å². The molecular formula is C21H30N2O2. The summed E-state index contributed by atoms with van der Waals surface area (Å²) in [5.74, 6) is 0.190. The summed E-state index contributed by atoms with van der Waals surface area (Å²) < 4.78 is 5.55. The highest BCUT2D eigenvalue weighted by Crippen LogP contribution is 2.40. The van der Waals surface area contributed by atoms with E-state index in [1.807, 2.05) is 47.6 Å². The minimum atomic E-state index is -0.845. The summed E-state index contributed by atoms with van der Waals surface area (Å²) in [6.45, 7) is 19.8. The van der Waals surface area contributed by atoms with E-state index in [2.05, 4.69) is 18.2 Å². The number of hydrogen-bond acceptors (Lipinski definition) is 4. The van der Waals surface area contributed by atoms with Gasteiger partial charge >= 0.3 is 0 Å². The molecule has 0 aromatic rings. The summed E-state index contributed by atoms with van der Waals surface area (Å²) in [4.78, 5) is 4.64. The topological polar surface area (TPSA) is 67.8 Å². The van der Waals surface area contributed by atoms with Crippen LogP contribution in [0, 0.1) is 0 Å². The van der Waals surface area contributed by atoms with Crippen LogP contribution in [-0.2, 0) is 4.74 Å². The van der Waals surface area contributed by atoms with Crippen LogP contribution in [0.15, 0.2) is 75.6 Å². The average molecular weight is 342 g/mol. The van der Waals surface area contributed by atoms with E-state index in [-0.39, 0.29) is 18.4 Å². The highest BCUT2D eigenvalue weighted by atomic mass is 16.5. The van der Waals surface area contributed by atoms with Crippen LogP contribution in [0.1, 0.15) is 41.5 Å². The number of nitrogens with zero attached hydrogens (tertiary/aromatic N) is 1. The van der Waals surface area contributed by atoms with Gasteiger partial charge in [-0.25, -0.2) is 4.99 Å². The molecule has 0 saturated carbocycles. The molecule has 1 atom stereocenters. The van der Waals surface area contributed by atoms with Gasteiger partial charge in [-0.1, -0.05) is 42.0 Å². The SMILES string of the molecule is C=C/C(C)=C\C(=C(C)C)[C@@]1(/C(=C/C(O)=C(C)C)C(=C)C)COC(N)=N1. The summed E-state index contributed by atoms with van der Waals surface area (Å²) >= 11 is 0. The fourth-order valence-electron chi connectivity index (χ4n) is 2.69. The van der Waals surface area contributed by atoms with E-state index < -0.39 is 5.54 Å². The van der Waals surface area contributed by atoms with Gasteiger partial charge in [0.1, 0.15) is 12.4 Å². The van der Waals surface area contributed by atoms with Crippen molar-refractivity contribution in [2.45, 2.75) is 47.1 Å². The molecular weight excluding hydrogens is 312 g/mol. The largest absolute Gasteiger partial charge is 0.508 e. The second kappa shape index (κ2) is 8.06. The zero-order chi connectivity index (χ0) is 19.4. The number of aliphatic hydroxyl groups is 1. The van der Waals surface area contributed by atoms with Gasteiger partial charge < -0.3 is 15.6 Å². The maximum absolute atomic E-state index is 10.3. The van der Waals surface area contributed by atoms with E-state index in [1.165, 1.54) is 0 Å². The number of hydrogen-bond donors (Lipinski definition) is 2. The minimum absolute atomic E-state index is 0.132. The van der Waals surface area contributed by atoms with Gasteiger partial charge in [0.25, 0.3) is 6.02 Å². The van der Waals surface area contributed by atoms with Crippen molar-refractivity contribution in [2.75, 3.05) is 6.61 Å². The quantitative estimate of drug-likeness (QED) is 0.533. The van der Waals surface area contributed by atoms with Crippen molar-refractivity contribution in [3.8, 4) is 0 Å². The average Bonchev–Trinajstić information content (AvgIpc) is 2.91. The molecule has 0 spiro atoms. The molecule has 1 rings (SSSR count). The molecule has 3 N–H and O–H groups in total. The monoisotopic (exact) mass is 342 g/mol. The second-order valence-electron chi connectivity index (χ2n) is 6.83. The van der Waals surface area contributed by atoms with Crippen LogP contribution in [0.2, 0.25) is 0 Å². The van der Waals surface area contributed by atoms with Crippen molar-refractivity contribution in [3.63, 3.8) is 0 Å². The number of amidine groups is 1. The normalized spacial score (nSPS) is 20.5. The van der Waals surface area contributed by atoms with Crippen LogP contribution in [-0.4, -0.2) is 23.3 Å². The molecule has 0 radical (unpaired) electrons. The first-order valence-electron chi connectivity index (χ1n) is 8.26. The molecule has 1 heterocycles. The Labute approximate surface area is 151 Å². The third kappa shape index (κ3) is 4.53. The number of aliphatic hydroxyl groups excluding tert-OH is 1. The predicted octanol–water partition coefficient (Wildman–Crippen LogP) is 4.89. The Hall–Kier alpha value is -2.49. The second-order valence-corrected chi connectivity index (χ2v) is 6.83. The Kier molecular flexibility index (Phi) is 6.63. The minimum Gasteiger partial charge on any atom is -0.508 e. The molecule has 0 unspecified atom stereocenters. The van der Waals surface area contributed by atoms with Gasteiger partial charge in [-0.15, -0.1) is 0 Å². The summed E-state index contributed by atoms with van der Waals surface area (Å²) in [5.41, 5.74) is 10.4. The van der Waals surface area contributed by atoms with Crippen LogP contribution >= 0.6 is 0 Å². The number of rotatable bonds is 6. The highest BCUT2D eigenvalue weighted by Gasteiger charge is 2.43. The van der Waals surface area contributed by atoms with Crippen LogP contribution in [0.3, 0.4) is 0 Å². The lowest BCUT2D eigenvalue weighted by Crippen LogP contribution is -2.34. The van der Waals surface area contributed by atoms with E-state index in [4.69, 9.17) is 10.5 Å². The smallest absolute Gasteiger partial charge is 0.283 e. The van der Waals surface area contributed by atoms with Crippen LogP contribution in [0.5, 0.6) is 0 Å². The highest BCUT2D eigenvalue weighted by molar-refractivity contribution is 5.77. The number of aliphatic imine (C=N–C) groups is 1. The first-order valence-corrected chi connectivity index (χ1v) is 8.26. The Bertz CT molecular complexity index is 725. The molecule has 4 heteroatoms. The molecule has 0 saturated heterocycles. The van der Waals surface area contributed by atoms with E-state index in [1.54, 1.807) is 12.2 Å². The van der Waals surface area contributed by atoms with E-state index in [0.717, 1.165) is 33.4 Å². The maximum Gasteiger partial charge on any atom is 0.283 e. The Balaban J connectivity index is 3.83. The maximum atomic E-state index is 10.3. The van der Waals surface area contributed by atoms with E-state index >= 15 is 0 Å². The van der Waals surface area contributed by atoms with E-state index in [9.17, 15) is 5.11 Å². The Morgan fingerprint density at radius 1 is 1.16 bits per heavy atom. The van der Waals surface area contributed by atoms with Crippen LogP contribution < -0.4 is 5.73 Å². The van der Waals surface area contributed by atoms with Gasteiger partial charge in [0.05, 0.1) is 0 Å². The molecule has 136 valence electrons. The third-order valence-corrected chi connectivity index (χ3v) is 4.11. The van der Waals surface area contributed by atoms with Crippen molar-refractivity contribution in [2.24, 2.45) is 10.7 Å². The fraction of sp³-hybridized carbons (Fsp3) is 0.381. The molecule has 0 bridgehead atoms. The van der Waals surface area contributed by atoms with Gasteiger partial charge in [-0.2, -0.15) is 0 Å². The molecule has 4 nitrogen and oxygen atoms in total. The van der Waals surface area contributed by atoms with Crippen molar-refractivity contribution < 1.29 is 9.84 Å². The fourth-order valence-corrected chi connectivity index (χ4v) is 2.69. The lowest BCUT2D eigenvalue weighted by molar-refractivity contribution is 0.294. The van der Waals surface area contributed by atoms with Crippen molar-refractivity contribution in [1.82, 2.24) is 0 Å². The molecule has 0 fully saturated rings. The Morgan fingerprint density at radius 3 is 2.12 bits per heavy atom. The molecule has 25 heavy (non-hydrogen) atoms. The number of nitrogens with two attached hydrogens (primary N) is 1. The van der Waals surface area contributed by atoms with Crippen molar-refractivity contribution in [1.29, 1.82) is 0 Å². The van der Waals surface area contributed by atoms with Gasteiger partial charge in [-0.3, -0.25) is 0 Å². The molecule has 0 aliphatic carbocycles. The summed E-state index contributed by atoms with van der Waals surface area (Å²) in [6, 6.07) is 0.132. The molecule has 0 amide bonds. The summed E-state index contributed by atoms with van der Waals surface area (Å²) in [5, 5.41) is 10.3. The van der Waals surface area contributed by atoms with Gasteiger partial charge in [0, 0.05) is 0 Å². The molecule has 1 aliphatic rings. The van der Waals surface area contributed by atoms with Crippen molar-refractivity contribution >= 4 is 6.02 Å². The van der Waals surface area contributed by atoms with Crippen LogP contribution in [0.25, 0.3) is 0 Å². The lowest BCUT2D eigenvalue weighted by Gasteiger charge is -2.31. The zero-order valence-corrected chi connectivity index (χ0v) is 16.2. The van der Waals surface area contributed by atoms with E-state index in [0.29, 0.717) is 0 Å². The third-order valence-electron chi connectivity index (χ3n) is 4.11. The standard InChI is InChI=1S/C21H30N2O2/c1-9-16(8)10-17(13(2)3)21(12-25-20(22)23-21)18(14(4)5)11-19(24)15(6)7/h9-11,24H,1,4,12H2,2-3,5-8H3,(H2,22,23)/b16-10-,18-11+/t21-/m1/s1. The first-order chi connectivity index (χ1) is 11.5. The summed E-state index contributed by atoms with van der Waals surface area (Å²) in [6.07, 6.45) is 5.53. The van der Waals surface area contributed by atoms with Gasteiger partial charge in [-0.05, 0) is 64.3 Å². The molecule has 1 aliphatic heterocycles. The van der Waals surface area contributed by atoms with Crippen molar-refractivity contribution in [3.05, 3.63) is 70.6 Å². The summed E-state index contributed by atoms with van der Waals surface area (Å²) in [7, 11) is 0. The first kappa shape index (κ1) is 20.6. The predicted molar refractivity (Wildman–Crippen MR) is 107 cm³/mol. The van der Waals surface area contributed by atoms with Gasteiger partial charge in [0.2, 0.25) is 0 Å². The molecule has 0 aromatic heterocycles. The number of ether oxygens (including phenoxy) is 1. The Morgan fingerprint density at radius 2 is 1.76 bits per heavy atom. The zero-order valence-electron chi connectivity index (χ0n) is 16.2.